The summed E-state index contributed by atoms with van der Waals surface area (Å²) in [7, 11) is 5.00. The third kappa shape index (κ3) is 3.73. The molecule has 3 aromatic carbocycles. The molecule has 0 saturated carbocycles. The van der Waals surface area contributed by atoms with Crippen LogP contribution in [0.3, 0.4) is 0 Å². The van der Waals surface area contributed by atoms with Gasteiger partial charge in [-0.2, -0.15) is 0 Å². The van der Waals surface area contributed by atoms with Gasteiger partial charge in [0.1, 0.15) is 11.5 Å². The first-order valence-electron chi connectivity index (χ1n) is 8.31. The first kappa shape index (κ1) is 18.0. The molecule has 26 heavy (non-hydrogen) atoms. The highest BCUT2D eigenvalue weighted by Gasteiger charge is 2.12. The van der Waals surface area contributed by atoms with Crippen LogP contribution in [0.5, 0.6) is 17.2 Å². The van der Waals surface area contributed by atoms with E-state index in [0.717, 1.165) is 27.6 Å². The number of halogens is 1. The summed E-state index contributed by atoms with van der Waals surface area (Å²) >= 11 is 0. The highest BCUT2D eigenvalue weighted by atomic mass is 19.1. The predicted molar refractivity (Wildman–Crippen MR) is 100 cm³/mol. The van der Waals surface area contributed by atoms with Crippen molar-refractivity contribution in [2.24, 2.45) is 0 Å². The summed E-state index contributed by atoms with van der Waals surface area (Å²) in [6, 6.07) is 14.3. The number of ether oxygens (including phenoxy) is 2. The minimum absolute atomic E-state index is 0.232. The summed E-state index contributed by atoms with van der Waals surface area (Å²) in [5, 5.41) is 12.3. The molecule has 0 unspecified atom stereocenters. The summed E-state index contributed by atoms with van der Waals surface area (Å²) in [6.45, 7) is 1.06. The van der Waals surface area contributed by atoms with Crippen molar-refractivity contribution >= 4 is 10.8 Å². The molecule has 1 N–H and O–H groups in total. The second-order valence-corrected chi connectivity index (χ2v) is 6.29. The largest absolute Gasteiger partial charge is 0.508 e. The van der Waals surface area contributed by atoms with Crippen LogP contribution >= 0.6 is 0 Å². The normalized spacial score (nSPS) is 11.1. The Bertz CT molecular complexity index is 927. The van der Waals surface area contributed by atoms with Crippen molar-refractivity contribution in [2.75, 3.05) is 21.3 Å². The molecule has 5 heteroatoms. The van der Waals surface area contributed by atoms with Crippen LogP contribution in [0.1, 0.15) is 11.1 Å². The van der Waals surface area contributed by atoms with Gasteiger partial charge in [0.2, 0.25) is 0 Å². The molecule has 3 aromatic rings. The van der Waals surface area contributed by atoms with Gasteiger partial charge >= 0.3 is 0 Å². The molecule has 0 radical (unpaired) electrons. The van der Waals surface area contributed by atoms with Crippen molar-refractivity contribution < 1.29 is 19.0 Å². The summed E-state index contributed by atoms with van der Waals surface area (Å²) in [5.74, 6) is 0.828. The lowest BCUT2D eigenvalue weighted by Crippen LogP contribution is -2.17. The molecular weight excluding hydrogens is 333 g/mol. The number of nitrogens with zero attached hydrogens (tertiary/aromatic N) is 1. The zero-order valence-corrected chi connectivity index (χ0v) is 15.1. The van der Waals surface area contributed by atoms with Crippen molar-refractivity contribution in [1.82, 2.24) is 4.90 Å². The average molecular weight is 355 g/mol. The minimum atomic E-state index is -0.379. The van der Waals surface area contributed by atoms with Gasteiger partial charge in [-0.15, -0.1) is 0 Å². The monoisotopic (exact) mass is 355 g/mol. The summed E-state index contributed by atoms with van der Waals surface area (Å²) in [5.41, 5.74) is 1.65. The second kappa shape index (κ2) is 7.62. The summed E-state index contributed by atoms with van der Waals surface area (Å²) in [6.07, 6.45) is 0. The molecule has 3 rings (SSSR count). The van der Waals surface area contributed by atoms with Gasteiger partial charge in [-0.3, -0.25) is 4.90 Å². The Hall–Kier alpha value is -2.79. The third-order valence-corrected chi connectivity index (χ3v) is 4.41. The Morgan fingerprint density at radius 2 is 1.73 bits per heavy atom. The van der Waals surface area contributed by atoms with Crippen molar-refractivity contribution in [3.05, 3.63) is 65.5 Å². The molecule has 0 heterocycles. The fourth-order valence-corrected chi connectivity index (χ4v) is 3.09. The van der Waals surface area contributed by atoms with E-state index in [0.29, 0.717) is 13.1 Å². The molecule has 4 nitrogen and oxygen atoms in total. The fraction of sp³-hybridized carbons (Fsp3) is 0.238. The Balaban J connectivity index is 1.85. The van der Waals surface area contributed by atoms with E-state index in [4.69, 9.17) is 9.47 Å². The van der Waals surface area contributed by atoms with Gasteiger partial charge in [0.25, 0.3) is 0 Å². The van der Waals surface area contributed by atoms with Gasteiger partial charge < -0.3 is 14.6 Å². The van der Waals surface area contributed by atoms with E-state index in [1.54, 1.807) is 19.2 Å². The Labute approximate surface area is 152 Å². The third-order valence-electron chi connectivity index (χ3n) is 4.41. The second-order valence-electron chi connectivity index (χ2n) is 6.29. The molecule has 0 saturated heterocycles. The number of benzene rings is 3. The number of fused-ring (bicyclic) bond motifs is 1. The molecule has 0 atom stereocenters. The molecule has 0 spiro atoms. The van der Waals surface area contributed by atoms with E-state index >= 15 is 0 Å². The fourth-order valence-electron chi connectivity index (χ4n) is 3.09. The minimum Gasteiger partial charge on any atom is -0.508 e. The van der Waals surface area contributed by atoms with Crippen molar-refractivity contribution in [3.8, 4) is 17.2 Å². The van der Waals surface area contributed by atoms with Crippen molar-refractivity contribution in [1.29, 1.82) is 0 Å². The van der Waals surface area contributed by atoms with Crippen LogP contribution in [0, 0.1) is 5.82 Å². The van der Waals surface area contributed by atoms with Gasteiger partial charge in [0.05, 0.1) is 14.2 Å². The lowest BCUT2D eigenvalue weighted by molar-refractivity contribution is 0.313. The van der Waals surface area contributed by atoms with E-state index in [9.17, 15) is 9.50 Å². The van der Waals surface area contributed by atoms with Gasteiger partial charge in [-0.1, -0.05) is 18.2 Å². The SMILES string of the molecule is COc1ccc2ccc(O)c(CN(C)Cc3ccc(OC)c(F)c3)c2c1. The van der Waals surface area contributed by atoms with Crippen LogP contribution < -0.4 is 9.47 Å². The summed E-state index contributed by atoms with van der Waals surface area (Å²) in [4.78, 5) is 2.02. The predicted octanol–water partition coefficient (Wildman–Crippen LogP) is 4.33. The first-order chi connectivity index (χ1) is 12.5. The Kier molecular flexibility index (Phi) is 5.28. The van der Waals surface area contributed by atoms with E-state index < -0.39 is 0 Å². The number of hydrogen-bond donors (Lipinski definition) is 1. The van der Waals surface area contributed by atoms with E-state index in [2.05, 4.69) is 0 Å². The van der Waals surface area contributed by atoms with Gasteiger partial charge in [-0.25, -0.2) is 4.39 Å². The van der Waals surface area contributed by atoms with Crippen LogP contribution in [0.25, 0.3) is 10.8 Å². The molecule has 136 valence electrons. The maximum absolute atomic E-state index is 13.9. The lowest BCUT2D eigenvalue weighted by atomic mass is 10.0. The molecular formula is C21H22FNO3. The molecule has 0 aliphatic carbocycles. The van der Waals surface area contributed by atoms with E-state index in [1.165, 1.54) is 13.2 Å². The number of rotatable bonds is 6. The number of methoxy groups -OCH3 is 2. The molecule has 0 amide bonds. The quantitative estimate of drug-likeness (QED) is 0.714. The maximum atomic E-state index is 13.9. The van der Waals surface area contributed by atoms with Crippen LogP contribution in [0.2, 0.25) is 0 Å². The zero-order valence-electron chi connectivity index (χ0n) is 15.1. The lowest BCUT2D eigenvalue weighted by Gasteiger charge is -2.19. The van der Waals surface area contributed by atoms with Crippen LogP contribution in [-0.4, -0.2) is 31.3 Å². The van der Waals surface area contributed by atoms with Crippen LogP contribution in [0.15, 0.2) is 48.5 Å². The molecule has 0 aliphatic heterocycles. The molecule has 0 aliphatic rings. The van der Waals surface area contributed by atoms with Gasteiger partial charge in [0.15, 0.2) is 11.6 Å². The van der Waals surface area contributed by atoms with Crippen LogP contribution in [0.4, 0.5) is 4.39 Å². The molecule has 0 bridgehead atoms. The van der Waals surface area contributed by atoms with E-state index in [1.807, 2.05) is 42.3 Å². The number of hydrogen-bond acceptors (Lipinski definition) is 4. The number of phenolic OH excluding ortho intramolecular Hbond substituents is 1. The highest BCUT2D eigenvalue weighted by Crippen LogP contribution is 2.31. The molecule has 0 aromatic heterocycles. The standard InChI is InChI=1S/C21H22FNO3/c1-23(12-14-4-9-21(26-3)19(22)10-14)13-18-17-11-16(25-2)7-5-15(17)6-8-20(18)24/h4-11,24H,12-13H2,1-3H3. The average Bonchev–Trinajstić information content (AvgIpc) is 2.64. The molecule has 0 fully saturated rings. The van der Waals surface area contributed by atoms with E-state index in [-0.39, 0.29) is 17.3 Å². The Morgan fingerprint density at radius 1 is 0.962 bits per heavy atom. The topological polar surface area (TPSA) is 41.9 Å². The number of aromatic hydroxyl groups is 1. The maximum Gasteiger partial charge on any atom is 0.165 e. The smallest absolute Gasteiger partial charge is 0.165 e. The summed E-state index contributed by atoms with van der Waals surface area (Å²) < 4.78 is 24.1. The van der Waals surface area contributed by atoms with Crippen molar-refractivity contribution in [2.45, 2.75) is 13.1 Å². The van der Waals surface area contributed by atoms with Crippen molar-refractivity contribution in [3.63, 3.8) is 0 Å². The van der Waals surface area contributed by atoms with Gasteiger partial charge in [-0.05, 0) is 53.7 Å². The Morgan fingerprint density at radius 3 is 2.42 bits per heavy atom. The number of phenols is 1. The van der Waals surface area contributed by atoms with Gasteiger partial charge in [0, 0.05) is 18.7 Å². The highest BCUT2D eigenvalue weighted by molar-refractivity contribution is 5.88. The first-order valence-corrected chi connectivity index (χ1v) is 8.31. The van der Waals surface area contributed by atoms with Crippen LogP contribution in [-0.2, 0) is 13.1 Å². The zero-order chi connectivity index (χ0) is 18.7.